The Hall–Kier alpha value is -1.71. The first-order valence-electron chi connectivity index (χ1n) is 8.96. The van der Waals surface area contributed by atoms with Crippen LogP contribution in [0.1, 0.15) is 18.4 Å². The number of hydrogen-bond acceptors (Lipinski definition) is 6. The van der Waals surface area contributed by atoms with Crippen LogP contribution in [0.25, 0.3) is 0 Å². The van der Waals surface area contributed by atoms with Crippen molar-refractivity contribution in [1.82, 2.24) is 19.5 Å². The largest absolute Gasteiger partial charge is 0.353 e. The van der Waals surface area contributed by atoms with Gasteiger partial charge in [0.15, 0.2) is 0 Å². The molecular formula is C17H27N5O3S. The minimum atomic E-state index is -3.31. The van der Waals surface area contributed by atoms with Gasteiger partial charge in [0.25, 0.3) is 0 Å². The molecule has 0 atom stereocenters. The lowest BCUT2D eigenvalue weighted by Gasteiger charge is -2.35. The van der Waals surface area contributed by atoms with E-state index in [1.165, 1.54) is 0 Å². The molecule has 2 fully saturated rings. The third-order valence-corrected chi connectivity index (χ3v) is 6.55. The number of hydrogen-bond donors (Lipinski definition) is 1. The summed E-state index contributed by atoms with van der Waals surface area (Å²) in [7, 11) is 0.737. The Balaban J connectivity index is 1.46. The highest BCUT2D eigenvalue weighted by molar-refractivity contribution is 7.90. The first-order chi connectivity index (χ1) is 12.3. The fourth-order valence-electron chi connectivity index (χ4n) is 3.02. The lowest BCUT2D eigenvalue weighted by atomic mass is 10.2. The minimum absolute atomic E-state index is 0.143. The fraction of sp³-hybridized carbons (Fsp3) is 0.647. The van der Waals surface area contributed by atoms with Crippen molar-refractivity contribution in [3.8, 4) is 0 Å². The highest BCUT2D eigenvalue weighted by Gasteiger charge is 2.36. The SMILES string of the molecule is CN(C)Cc1ccc(N2CCN(C(=O)CNS(=O)(=O)C3CC3)CC2)nc1. The Labute approximate surface area is 155 Å². The molecule has 0 aromatic carbocycles. The van der Waals surface area contributed by atoms with Gasteiger partial charge < -0.3 is 14.7 Å². The second-order valence-corrected chi connectivity index (χ2v) is 9.24. The van der Waals surface area contributed by atoms with E-state index in [2.05, 4.69) is 25.6 Å². The molecule has 1 saturated heterocycles. The van der Waals surface area contributed by atoms with Gasteiger partial charge in [-0.2, -0.15) is 0 Å². The van der Waals surface area contributed by atoms with Gasteiger partial charge in [-0.1, -0.05) is 6.07 Å². The van der Waals surface area contributed by atoms with E-state index in [1.54, 1.807) is 4.90 Å². The number of carbonyl (C=O) groups is 1. The third kappa shape index (κ3) is 4.93. The normalized spacial score (nSPS) is 18.4. The van der Waals surface area contributed by atoms with E-state index in [9.17, 15) is 13.2 Å². The molecule has 26 heavy (non-hydrogen) atoms. The zero-order valence-electron chi connectivity index (χ0n) is 15.4. The van der Waals surface area contributed by atoms with Crippen LogP contribution in [-0.2, 0) is 21.4 Å². The molecule has 144 valence electrons. The summed E-state index contributed by atoms with van der Waals surface area (Å²) < 4.78 is 26.1. The molecule has 1 N–H and O–H groups in total. The van der Waals surface area contributed by atoms with E-state index in [4.69, 9.17) is 0 Å². The highest BCUT2D eigenvalue weighted by Crippen LogP contribution is 2.27. The standard InChI is InChI=1S/C17H27N5O3S/c1-20(2)13-14-3-6-16(18-11-14)21-7-9-22(10-8-21)17(23)12-19-26(24,25)15-4-5-15/h3,6,11,15,19H,4-5,7-10,12-13H2,1-2H3. The summed E-state index contributed by atoms with van der Waals surface area (Å²) in [5.41, 5.74) is 1.16. The minimum Gasteiger partial charge on any atom is -0.353 e. The van der Waals surface area contributed by atoms with Gasteiger partial charge in [0.1, 0.15) is 5.82 Å². The Morgan fingerprint density at radius 1 is 1.23 bits per heavy atom. The topological polar surface area (TPSA) is 85.9 Å². The Morgan fingerprint density at radius 3 is 2.46 bits per heavy atom. The summed E-state index contributed by atoms with van der Waals surface area (Å²) in [5.74, 6) is 0.747. The van der Waals surface area contributed by atoms with E-state index in [0.29, 0.717) is 39.0 Å². The molecule has 0 unspecified atom stereocenters. The second kappa shape index (κ2) is 7.89. The summed E-state index contributed by atoms with van der Waals surface area (Å²) in [6, 6.07) is 4.09. The molecule has 1 aliphatic carbocycles. The van der Waals surface area contributed by atoms with E-state index in [1.807, 2.05) is 26.4 Å². The Morgan fingerprint density at radius 2 is 1.92 bits per heavy atom. The first-order valence-corrected chi connectivity index (χ1v) is 10.5. The summed E-state index contributed by atoms with van der Waals surface area (Å²) in [5, 5.41) is -0.298. The van der Waals surface area contributed by atoms with Crippen molar-refractivity contribution >= 4 is 21.7 Å². The molecule has 2 aliphatic rings. The summed E-state index contributed by atoms with van der Waals surface area (Å²) in [4.78, 5) is 22.7. The average molecular weight is 382 g/mol. The average Bonchev–Trinajstić information content (AvgIpc) is 3.46. The Kier molecular flexibility index (Phi) is 5.79. The number of carbonyl (C=O) groups excluding carboxylic acids is 1. The third-order valence-electron chi connectivity index (χ3n) is 4.65. The molecule has 9 heteroatoms. The molecule has 0 radical (unpaired) electrons. The lowest BCUT2D eigenvalue weighted by Crippen LogP contribution is -2.51. The molecule has 3 rings (SSSR count). The van der Waals surface area contributed by atoms with Crippen molar-refractivity contribution in [3.05, 3.63) is 23.9 Å². The number of anilines is 1. The molecule has 1 aromatic rings. The van der Waals surface area contributed by atoms with Crippen LogP contribution in [0.2, 0.25) is 0 Å². The molecule has 2 heterocycles. The van der Waals surface area contributed by atoms with E-state index < -0.39 is 10.0 Å². The quantitative estimate of drug-likeness (QED) is 0.708. The highest BCUT2D eigenvalue weighted by atomic mass is 32.2. The lowest BCUT2D eigenvalue weighted by molar-refractivity contribution is -0.130. The number of nitrogens with zero attached hydrogens (tertiary/aromatic N) is 4. The summed E-state index contributed by atoms with van der Waals surface area (Å²) in [6.07, 6.45) is 3.28. The molecule has 0 bridgehead atoms. The first kappa shape index (κ1) is 19.1. The number of aromatic nitrogens is 1. The van der Waals surface area contributed by atoms with Gasteiger partial charge in [0.05, 0.1) is 11.8 Å². The number of nitrogens with one attached hydrogen (secondary N) is 1. The van der Waals surface area contributed by atoms with Crippen molar-refractivity contribution < 1.29 is 13.2 Å². The van der Waals surface area contributed by atoms with Crippen molar-refractivity contribution in [1.29, 1.82) is 0 Å². The van der Waals surface area contributed by atoms with Crippen LogP contribution in [0.4, 0.5) is 5.82 Å². The van der Waals surface area contributed by atoms with Gasteiger partial charge in [-0.15, -0.1) is 0 Å². The van der Waals surface area contributed by atoms with Crippen LogP contribution in [0.15, 0.2) is 18.3 Å². The monoisotopic (exact) mass is 381 g/mol. The van der Waals surface area contributed by atoms with Crippen LogP contribution in [0, 0.1) is 0 Å². The van der Waals surface area contributed by atoms with Gasteiger partial charge in [0, 0.05) is 38.9 Å². The van der Waals surface area contributed by atoms with Gasteiger partial charge in [-0.3, -0.25) is 4.79 Å². The predicted octanol–water partition coefficient (Wildman–Crippen LogP) is -0.126. The van der Waals surface area contributed by atoms with Crippen molar-refractivity contribution in [2.45, 2.75) is 24.6 Å². The summed E-state index contributed by atoms with van der Waals surface area (Å²) >= 11 is 0. The maximum atomic E-state index is 12.2. The number of rotatable bonds is 7. The van der Waals surface area contributed by atoms with Crippen LogP contribution in [0.5, 0.6) is 0 Å². The van der Waals surface area contributed by atoms with E-state index in [0.717, 1.165) is 17.9 Å². The number of amides is 1. The molecule has 8 nitrogen and oxygen atoms in total. The fourth-order valence-corrected chi connectivity index (χ4v) is 4.33. The van der Waals surface area contributed by atoms with Crippen LogP contribution in [0.3, 0.4) is 0 Å². The van der Waals surface area contributed by atoms with Crippen molar-refractivity contribution in [3.63, 3.8) is 0 Å². The number of sulfonamides is 1. The van der Waals surface area contributed by atoms with Crippen molar-refractivity contribution in [2.24, 2.45) is 0 Å². The van der Waals surface area contributed by atoms with Crippen molar-refractivity contribution in [2.75, 3.05) is 51.7 Å². The van der Waals surface area contributed by atoms with Gasteiger partial charge >= 0.3 is 0 Å². The van der Waals surface area contributed by atoms with E-state index >= 15 is 0 Å². The summed E-state index contributed by atoms with van der Waals surface area (Å²) in [6.45, 7) is 3.25. The molecule has 0 spiro atoms. The maximum Gasteiger partial charge on any atom is 0.237 e. The van der Waals surface area contributed by atoms with E-state index in [-0.39, 0.29) is 17.7 Å². The second-order valence-electron chi connectivity index (χ2n) is 7.20. The zero-order valence-corrected chi connectivity index (χ0v) is 16.2. The van der Waals surface area contributed by atoms with Gasteiger partial charge in [-0.25, -0.2) is 18.1 Å². The van der Waals surface area contributed by atoms with Crippen LogP contribution >= 0.6 is 0 Å². The van der Waals surface area contributed by atoms with Crippen LogP contribution in [-0.4, -0.2) is 81.2 Å². The van der Waals surface area contributed by atoms with Crippen LogP contribution < -0.4 is 9.62 Å². The maximum absolute atomic E-state index is 12.2. The number of piperazine rings is 1. The molecular weight excluding hydrogens is 354 g/mol. The molecule has 1 saturated carbocycles. The molecule has 1 aromatic heterocycles. The van der Waals surface area contributed by atoms with Gasteiger partial charge in [-0.05, 0) is 38.6 Å². The molecule has 1 aliphatic heterocycles. The zero-order chi connectivity index (χ0) is 18.7. The van der Waals surface area contributed by atoms with Gasteiger partial charge in [0.2, 0.25) is 15.9 Å². The molecule has 1 amide bonds. The Bertz CT molecular complexity index is 723. The smallest absolute Gasteiger partial charge is 0.237 e. The predicted molar refractivity (Wildman–Crippen MR) is 100 cm³/mol. The number of pyridine rings is 1.